The normalized spacial score (nSPS) is 25.0. The summed E-state index contributed by atoms with van der Waals surface area (Å²) in [4.78, 5) is 40.8. The van der Waals surface area contributed by atoms with E-state index in [1.54, 1.807) is 4.90 Å². The highest BCUT2D eigenvalue weighted by molar-refractivity contribution is 6.31. The number of hydrogen-bond donors (Lipinski definition) is 0. The minimum atomic E-state index is -0.194. The van der Waals surface area contributed by atoms with E-state index in [9.17, 15) is 14.4 Å². The molecular weight excluding hydrogens is 364 g/mol. The fourth-order valence-electron chi connectivity index (χ4n) is 4.28. The van der Waals surface area contributed by atoms with E-state index in [-0.39, 0.29) is 35.6 Å². The van der Waals surface area contributed by atoms with E-state index in [2.05, 4.69) is 0 Å². The Morgan fingerprint density at radius 2 is 1.74 bits per heavy atom. The number of carbonyl (C=O) groups excluding carboxylic acids is 3. The highest BCUT2D eigenvalue weighted by Crippen LogP contribution is 2.37. The molecule has 2 fully saturated rings. The third-order valence-electron chi connectivity index (χ3n) is 5.97. The van der Waals surface area contributed by atoms with Crippen molar-refractivity contribution in [3.8, 4) is 0 Å². The fourth-order valence-corrected chi connectivity index (χ4v) is 4.40. The number of benzene rings is 1. The first-order valence-corrected chi connectivity index (χ1v) is 9.88. The van der Waals surface area contributed by atoms with Crippen LogP contribution in [0.4, 0.5) is 0 Å². The largest absolute Gasteiger partial charge is 0.338 e. The Bertz CT molecular complexity index is 803. The van der Waals surface area contributed by atoms with Gasteiger partial charge in [0, 0.05) is 24.5 Å². The second-order valence-corrected chi connectivity index (χ2v) is 8.15. The Morgan fingerprint density at radius 1 is 1.11 bits per heavy atom. The van der Waals surface area contributed by atoms with Gasteiger partial charge in [0.2, 0.25) is 17.7 Å². The number of imide groups is 1. The Hall–Kier alpha value is -2.14. The summed E-state index contributed by atoms with van der Waals surface area (Å²) in [5, 5.41) is 0.728. The number of nitrogens with zero attached hydrogens (tertiary/aromatic N) is 2. The van der Waals surface area contributed by atoms with Crippen molar-refractivity contribution in [3.63, 3.8) is 0 Å². The van der Waals surface area contributed by atoms with Crippen LogP contribution in [-0.2, 0) is 20.8 Å². The van der Waals surface area contributed by atoms with Crippen LogP contribution < -0.4 is 0 Å². The maximum absolute atomic E-state index is 12.6. The highest BCUT2D eigenvalue weighted by Gasteiger charge is 2.52. The molecule has 0 bridgehead atoms. The Balaban J connectivity index is 1.30. The SMILES string of the molecule is Cc1cc(CCC(=O)N2CC(N3C(=O)C4CC=CCC4C3=O)C2)ccc1Cl. The van der Waals surface area contributed by atoms with Crippen LogP contribution in [0.5, 0.6) is 0 Å². The van der Waals surface area contributed by atoms with Crippen molar-refractivity contribution >= 4 is 29.3 Å². The van der Waals surface area contributed by atoms with E-state index in [1.807, 2.05) is 37.3 Å². The second kappa shape index (κ2) is 7.12. The zero-order valence-electron chi connectivity index (χ0n) is 15.4. The van der Waals surface area contributed by atoms with Crippen LogP contribution in [0.25, 0.3) is 0 Å². The maximum atomic E-state index is 12.6. The molecule has 0 aromatic heterocycles. The van der Waals surface area contributed by atoms with Gasteiger partial charge in [-0.1, -0.05) is 35.9 Å². The monoisotopic (exact) mass is 386 g/mol. The number of allylic oxidation sites excluding steroid dienone is 2. The molecule has 0 spiro atoms. The first-order chi connectivity index (χ1) is 13.0. The number of rotatable bonds is 4. The minimum Gasteiger partial charge on any atom is -0.338 e. The molecule has 1 aromatic rings. The molecule has 2 aliphatic heterocycles. The lowest BCUT2D eigenvalue weighted by Gasteiger charge is -2.43. The second-order valence-electron chi connectivity index (χ2n) is 7.74. The van der Waals surface area contributed by atoms with Gasteiger partial charge in [0.15, 0.2) is 0 Å². The van der Waals surface area contributed by atoms with Crippen LogP contribution in [0.15, 0.2) is 30.4 Å². The number of hydrogen-bond acceptors (Lipinski definition) is 3. The molecule has 2 atom stereocenters. The van der Waals surface area contributed by atoms with E-state index >= 15 is 0 Å². The van der Waals surface area contributed by atoms with Gasteiger partial charge in [-0.05, 0) is 43.4 Å². The summed E-state index contributed by atoms with van der Waals surface area (Å²) in [5.41, 5.74) is 2.09. The van der Waals surface area contributed by atoms with Gasteiger partial charge in [-0.2, -0.15) is 0 Å². The Morgan fingerprint density at radius 3 is 2.33 bits per heavy atom. The van der Waals surface area contributed by atoms with Crippen LogP contribution in [0.1, 0.15) is 30.4 Å². The van der Waals surface area contributed by atoms with Gasteiger partial charge in [0.05, 0.1) is 17.9 Å². The van der Waals surface area contributed by atoms with Gasteiger partial charge in [-0.25, -0.2) is 0 Å². The van der Waals surface area contributed by atoms with Crippen molar-refractivity contribution < 1.29 is 14.4 Å². The van der Waals surface area contributed by atoms with Gasteiger partial charge in [0.1, 0.15) is 0 Å². The maximum Gasteiger partial charge on any atom is 0.233 e. The average Bonchev–Trinajstić information content (AvgIpc) is 2.87. The third kappa shape index (κ3) is 3.29. The fraction of sp³-hybridized carbons (Fsp3) is 0.476. The summed E-state index contributed by atoms with van der Waals surface area (Å²) in [6.45, 7) is 2.87. The van der Waals surface area contributed by atoms with E-state index in [0.29, 0.717) is 38.8 Å². The first-order valence-electron chi connectivity index (χ1n) is 9.50. The summed E-state index contributed by atoms with van der Waals surface area (Å²) in [5.74, 6) is -0.427. The van der Waals surface area contributed by atoms with Crippen molar-refractivity contribution in [1.82, 2.24) is 9.80 Å². The molecule has 4 rings (SSSR count). The lowest BCUT2D eigenvalue weighted by Crippen LogP contribution is -2.62. The van der Waals surface area contributed by atoms with Crippen molar-refractivity contribution in [2.24, 2.45) is 11.8 Å². The molecule has 3 aliphatic rings. The van der Waals surface area contributed by atoms with E-state index in [1.165, 1.54) is 4.90 Å². The van der Waals surface area contributed by atoms with Crippen LogP contribution in [0, 0.1) is 18.8 Å². The Kier molecular flexibility index (Phi) is 4.81. The summed E-state index contributed by atoms with van der Waals surface area (Å²) in [6, 6.07) is 5.65. The summed E-state index contributed by atoms with van der Waals surface area (Å²) >= 11 is 6.03. The van der Waals surface area contributed by atoms with E-state index < -0.39 is 0 Å². The summed E-state index contributed by atoms with van der Waals surface area (Å²) < 4.78 is 0. The van der Waals surface area contributed by atoms with Crippen molar-refractivity contribution in [2.45, 2.75) is 38.6 Å². The van der Waals surface area contributed by atoms with E-state index in [4.69, 9.17) is 11.6 Å². The number of fused-ring (bicyclic) bond motifs is 1. The number of amides is 3. The predicted molar refractivity (Wildman–Crippen MR) is 102 cm³/mol. The van der Waals surface area contributed by atoms with Crippen LogP contribution >= 0.6 is 11.6 Å². The molecular formula is C21H23ClN2O3. The zero-order valence-corrected chi connectivity index (χ0v) is 16.1. The van der Waals surface area contributed by atoms with Gasteiger partial charge in [-0.3, -0.25) is 19.3 Å². The number of halogens is 1. The quantitative estimate of drug-likeness (QED) is 0.590. The molecule has 5 nitrogen and oxygen atoms in total. The summed E-state index contributed by atoms with van der Waals surface area (Å²) in [6.07, 6.45) is 6.37. The molecule has 0 saturated carbocycles. The molecule has 27 heavy (non-hydrogen) atoms. The number of likely N-dealkylation sites (tertiary alicyclic amines) is 2. The molecule has 2 saturated heterocycles. The molecule has 1 aliphatic carbocycles. The molecule has 2 unspecified atom stereocenters. The third-order valence-corrected chi connectivity index (χ3v) is 6.40. The lowest BCUT2D eigenvalue weighted by atomic mass is 9.85. The highest BCUT2D eigenvalue weighted by atomic mass is 35.5. The molecule has 0 radical (unpaired) electrons. The number of carbonyl (C=O) groups is 3. The topological polar surface area (TPSA) is 57.7 Å². The standard InChI is InChI=1S/C21H23ClN2O3/c1-13-10-14(6-8-18(13)22)7-9-19(25)23-11-15(12-23)24-20(26)16-4-2-3-5-17(16)21(24)27/h2-3,6,8,10,15-17H,4-5,7,9,11-12H2,1H3. The lowest BCUT2D eigenvalue weighted by molar-refractivity contribution is -0.152. The van der Waals surface area contributed by atoms with Crippen LogP contribution in [0.2, 0.25) is 5.02 Å². The first kappa shape index (κ1) is 18.2. The zero-order chi connectivity index (χ0) is 19.1. The van der Waals surface area contributed by atoms with Crippen molar-refractivity contribution in [1.29, 1.82) is 0 Å². The minimum absolute atomic E-state index is 0.0527. The average molecular weight is 387 g/mol. The molecule has 6 heteroatoms. The molecule has 0 N–H and O–H groups in total. The number of aryl methyl sites for hydroxylation is 2. The summed E-state index contributed by atoms with van der Waals surface area (Å²) in [7, 11) is 0. The molecule has 3 amide bonds. The van der Waals surface area contributed by atoms with Gasteiger partial charge < -0.3 is 4.90 Å². The van der Waals surface area contributed by atoms with Crippen LogP contribution in [-0.4, -0.2) is 46.7 Å². The van der Waals surface area contributed by atoms with Gasteiger partial charge in [-0.15, -0.1) is 0 Å². The van der Waals surface area contributed by atoms with Crippen LogP contribution in [0.3, 0.4) is 0 Å². The molecule has 142 valence electrons. The molecule has 1 aromatic carbocycles. The molecule has 2 heterocycles. The van der Waals surface area contributed by atoms with Crippen molar-refractivity contribution in [3.05, 3.63) is 46.5 Å². The van der Waals surface area contributed by atoms with Gasteiger partial charge >= 0.3 is 0 Å². The van der Waals surface area contributed by atoms with Gasteiger partial charge in [0.25, 0.3) is 0 Å². The van der Waals surface area contributed by atoms with Crippen molar-refractivity contribution in [2.75, 3.05) is 13.1 Å². The predicted octanol–water partition coefficient (Wildman–Crippen LogP) is 2.74. The Labute approximate surface area is 164 Å². The van der Waals surface area contributed by atoms with E-state index in [0.717, 1.165) is 16.1 Å². The smallest absolute Gasteiger partial charge is 0.233 e.